The molecule has 94 valence electrons. The molecule has 0 fully saturated rings. The van der Waals surface area contributed by atoms with Crippen molar-refractivity contribution in [1.82, 2.24) is 0 Å². The Morgan fingerprint density at radius 1 is 1.26 bits per heavy atom. The first kappa shape index (κ1) is 13.2. The summed E-state index contributed by atoms with van der Waals surface area (Å²) >= 11 is 4.20. The lowest BCUT2D eigenvalue weighted by molar-refractivity contribution is 0.102. The molecule has 2 aromatic carbocycles. The molecule has 0 spiro atoms. The molecule has 2 aromatic rings. The standard InChI is InChI=1S/C15H12N2OS/c1-10-4-2-7-14(13(10)9-16)17-15(18)11-5-3-6-12(19)8-11/h2-8,19H,1H3,(H,17,18). The fourth-order valence-electron chi connectivity index (χ4n) is 1.76. The van der Waals surface area contributed by atoms with E-state index < -0.39 is 0 Å². The number of thiol groups is 1. The Kier molecular flexibility index (Phi) is 3.88. The molecular formula is C15H12N2OS. The second kappa shape index (κ2) is 5.59. The first-order valence-electron chi connectivity index (χ1n) is 5.72. The number of aryl methyl sites for hydroxylation is 1. The molecule has 1 amide bonds. The molecule has 19 heavy (non-hydrogen) atoms. The molecule has 0 bridgehead atoms. The SMILES string of the molecule is Cc1cccc(NC(=O)c2cccc(S)c2)c1C#N. The summed E-state index contributed by atoms with van der Waals surface area (Å²) < 4.78 is 0. The third-order valence-corrected chi connectivity index (χ3v) is 3.02. The molecule has 0 atom stereocenters. The highest BCUT2D eigenvalue weighted by atomic mass is 32.1. The maximum Gasteiger partial charge on any atom is 0.255 e. The molecule has 0 aliphatic heterocycles. The zero-order valence-corrected chi connectivity index (χ0v) is 11.2. The molecule has 0 saturated heterocycles. The highest BCUT2D eigenvalue weighted by molar-refractivity contribution is 7.80. The van der Waals surface area contributed by atoms with Crippen LogP contribution in [0.25, 0.3) is 0 Å². The van der Waals surface area contributed by atoms with Crippen molar-refractivity contribution in [3.05, 3.63) is 59.2 Å². The first-order chi connectivity index (χ1) is 9.11. The summed E-state index contributed by atoms with van der Waals surface area (Å²) in [4.78, 5) is 12.8. The second-order valence-corrected chi connectivity index (χ2v) is 4.63. The predicted octanol–water partition coefficient (Wildman–Crippen LogP) is 3.41. The highest BCUT2D eigenvalue weighted by Crippen LogP contribution is 2.19. The highest BCUT2D eigenvalue weighted by Gasteiger charge is 2.10. The van der Waals surface area contributed by atoms with Crippen LogP contribution < -0.4 is 5.32 Å². The van der Waals surface area contributed by atoms with Crippen LogP contribution in [-0.4, -0.2) is 5.91 Å². The minimum atomic E-state index is -0.252. The molecular weight excluding hydrogens is 256 g/mol. The molecule has 0 unspecified atom stereocenters. The van der Waals surface area contributed by atoms with Gasteiger partial charge in [0, 0.05) is 10.5 Å². The lowest BCUT2D eigenvalue weighted by Gasteiger charge is -2.09. The van der Waals surface area contributed by atoms with Gasteiger partial charge < -0.3 is 5.32 Å². The number of benzene rings is 2. The fourth-order valence-corrected chi connectivity index (χ4v) is 1.99. The lowest BCUT2D eigenvalue weighted by Crippen LogP contribution is -2.13. The molecule has 1 N–H and O–H groups in total. The summed E-state index contributed by atoms with van der Waals surface area (Å²) in [5.74, 6) is -0.252. The van der Waals surface area contributed by atoms with Crippen LogP contribution in [-0.2, 0) is 0 Å². The maximum absolute atomic E-state index is 12.1. The van der Waals surface area contributed by atoms with Gasteiger partial charge in [0.1, 0.15) is 6.07 Å². The largest absolute Gasteiger partial charge is 0.321 e. The maximum atomic E-state index is 12.1. The molecule has 3 nitrogen and oxygen atoms in total. The Balaban J connectivity index is 2.30. The van der Waals surface area contributed by atoms with E-state index in [9.17, 15) is 4.79 Å². The summed E-state index contributed by atoms with van der Waals surface area (Å²) in [6.07, 6.45) is 0. The van der Waals surface area contributed by atoms with E-state index in [1.165, 1.54) is 0 Å². The van der Waals surface area contributed by atoms with Crippen molar-refractivity contribution in [2.45, 2.75) is 11.8 Å². The second-order valence-electron chi connectivity index (χ2n) is 4.11. The topological polar surface area (TPSA) is 52.9 Å². The molecule has 0 aliphatic carbocycles. The summed E-state index contributed by atoms with van der Waals surface area (Å²) in [7, 11) is 0. The number of carbonyl (C=O) groups is 1. The number of hydrogen-bond acceptors (Lipinski definition) is 3. The fraction of sp³-hybridized carbons (Fsp3) is 0.0667. The van der Waals surface area contributed by atoms with Crippen molar-refractivity contribution >= 4 is 24.2 Å². The third-order valence-electron chi connectivity index (χ3n) is 2.74. The van der Waals surface area contributed by atoms with E-state index in [0.29, 0.717) is 16.8 Å². The van der Waals surface area contributed by atoms with E-state index in [2.05, 4.69) is 24.0 Å². The number of anilines is 1. The van der Waals surface area contributed by atoms with Gasteiger partial charge in [-0.25, -0.2) is 0 Å². The van der Waals surface area contributed by atoms with Gasteiger partial charge in [-0.2, -0.15) is 5.26 Å². The summed E-state index contributed by atoms with van der Waals surface area (Å²) in [6, 6.07) is 14.4. The number of nitrogens with one attached hydrogen (secondary N) is 1. The average Bonchev–Trinajstić information content (AvgIpc) is 2.39. The predicted molar refractivity (Wildman–Crippen MR) is 77.5 cm³/mol. The number of nitrogens with zero attached hydrogens (tertiary/aromatic N) is 1. The minimum absolute atomic E-state index is 0.252. The monoisotopic (exact) mass is 268 g/mol. The van der Waals surface area contributed by atoms with Crippen LogP contribution >= 0.6 is 12.6 Å². The zero-order valence-electron chi connectivity index (χ0n) is 10.3. The number of amides is 1. The number of nitriles is 1. The van der Waals surface area contributed by atoms with E-state index in [1.807, 2.05) is 13.0 Å². The molecule has 2 rings (SSSR count). The number of carbonyl (C=O) groups excluding carboxylic acids is 1. The van der Waals surface area contributed by atoms with E-state index in [0.717, 1.165) is 10.5 Å². The molecule has 0 aromatic heterocycles. The Morgan fingerprint density at radius 2 is 2.00 bits per heavy atom. The van der Waals surface area contributed by atoms with Crippen LogP contribution in [0, 0.1) is 18.3 Å². The van der Waals surface area contributed by atoms with E-state index in [4.69, 9.17) is 5.26 Å². The Bertz CT molecular complexity index is 674. The van der Waals surface area contributed by atoms with Crippen molar-refractivity contribution in [2.24, 2.45) is 0 Å². The Labute approximate surface area is 117 Å². The van der Waals surface area contributed by atoms with Gasteiger partial charge in [-0.3, -0.25) is 4.79 Å². The molecule has 0 heterocycles. The van der Waals surface area contributed by atoms with Gasteiger partial charge in [-0.1, -0.05) is 18.2 Å². The Hall–Kier alpha value is -2.25. The normalized spacial score (nSPS) is 9.74. The quantitative estimate of drug-likeness (QED) is 0.820. The van der Waals surface area contributed by atoms with Crippen LogP contribution in [0.3, 0.4) is 0 Å². The van der Waals surface area contributed by atoms with Gasteiger partial charge in [0.25, 0.3) is 5.91 Å². The number of rotatable bonds is 2. The number of hydrogen-bond donors (Lipinski definition) is 2. The van der Waals surface area contributed by atoms with Gasteiger partial charge >= 0.3 is 0 Å². The van der Waals surface area contributed by atoms with Crippen LogP contribution in [0.2, 0.25) is 0 Å². The Morgan fingerprint density at radius 3 is 2.68 bits per heavy atom. The van der Waals surface area contributed by atoms with Gasteiger partial charge in [0.05, 0.1) is 11.3 Å². The summed E-state index contributed by atoms with van der Waals surface area (Å²) in [5.41, 5.74) is 2.36. The van der Waals surface area contributed by atoms with Crippen molar-refractivity contribution in [2.75, 3.05) is 5.32 Å². The van der Waals surface area contributed by atoms with Crippen LogP contribution in [0.4, 0.5) is 5.69 Å². The van der Waals surface area contributed by atoms with E-state index in [-0.39, 0.29) is 5.91 Å². The van der Waals surface area contributed by atoms with Crippen molar-refractivity contribution < 1.29 is 4.79 Å². The third kappa shape index (κ3) is 2.95. The van der Waals surface area contributed by atoms with Crippen LogP contribution in [0.1, 0.15) is 21.5 Å². The van der Waals surface area contributed by atoms with Crippen molar-refractivity contribution in [3.8, 4) is 6.07 Å². The van der Waals surface area contributed by atoms with Gasteiger partial charge in [-0.05, 0) is 36.8 Å². The van der Waals surface area contributed by atoms with Crippen molar-refractivity contribution in [1.29, 1.82) is 5.26 Å². The molecule has 0 saturated carbocycles. The smallest absolute Gasteiger partial charge is 0.255 e. The van der Waals surface area contributed by atoms with Crippen LogP contribution in [0.15, 0.2) is 47.4 Å². The average molecular weight is 268 g/mol. The summed E-state index contributed by atoms with van der Waals surface area (Å²) in [6.45, 7) is 1.84. The van der Waals surface area contributed by atoms with Crippen molar-refractivity contribution in [3.63, 3.8) is 0 Å². The lowest BCUT2D eigenvalue weighted by atomic mass is 10.1. The molecule has 0 radical (unpaired) electrons. The van der Waals surface area contributed by atoms with E-state index >= 15 is 0 Å². The van der Waals surface area contributed by atoms with Gasteiger partial charge in [-0.15, -0.1) is 12.6 Å². The molecule has 4 heteroatoms. The minimum Gasteiger partial charge on any atom is -0.321 e. The van der Waals surface area contributed by atoms with Crippen LogP contribution in [0.5, 0.6) is 0 Å². The van der Waals surface area contributed by atoms with Gasteiger partial charge in [0.2, 0.25) is 0 Å². The first-order valence-corrected chi connectivity index (χ1v) is 6.16. The zero-order chi connectivity index (χ0) is 13.8. The summed E-state index contributed by atoms with van der Waals surface area (Å²) in [5, 5.41) is 11.9. The molecule has 0 aliphatic rings. The van der Waals surface area contributed by atoms with E-state index in [1.54, 1.807) is 36.4 Å². The van der Waals surface area contributed by atoms with Gasteiger partial charge in [0.15, 0.2) is 0 Å².